The van der Waals surface area contributed by atoms with E-state index >= 15 is 0 Å². The number of ether oxygens (including phenoxy) is 1. The van der Waals surface area contributed by atoms with Gasteiger partial charge >= 0.3 is 5.97 Å². The second-order valence-electron chi connectivity index (χ2n) is 4.40. The van der Waals surface area contributed by atoms with Crippen LogP contribution in [0.25, 0.3) is 5.52 Å². The lowest BCUT2D eigenvalue weighted by atomic mass is 10.2. The van der Waals surface area contributed by atoms with Crippen LogP contribution in [-0.2, 0) is 11.3 Å². The molecular formula is C14H14N4O2. The first-order valence-electron chi connectivity index (χ1n) is 6.39. The van der Waals surface area contributed by atoms with Crippen LogP contribution in [0.4, 0.5) is 0 Å². The second-order valence-corrected chi connectivity index (χ2v) is 4.40. The molecule has 0 radical (unpaired) electrons. The van der Waals surface area contributed by atoms with Crippen molar-refractivity contribution in [3.8, 4) is 0 Å². The molecule has 0 aliphatic carbocycles. The zero-order valence-electron chi connectivity index (χ0n) is 10.8. The standard InChI is InChI=1S/C14H14N4O2/c19-14(20-8-2-6-18-5-1-4-16-18)12-3-7-17-11-15-10-13(17)9-12/h1,3-5,7,9-11H,2,6,8H2. The second kappa shape index (κ2) is 5.56. The number of aromatic nitrogens is 4. The van der Waals surface area contributed by atoms with E-state index < -0.39 is 0 Å². The smallest absolute Gasteiger partial charge is 0.338 e. The molecule has 0 unspecified atom stereocenters. The van der Waals surface area contributed by atoms with Crippen LogP contribution in [0.3, 0.4) is 0 Å². The topological polar surface area (TPSA) is 61.4 Å². The lowest BCUT2D eigenvalue weighted by molar-refractivity contribution is 0.0495. The highest BCUT2D eigenvalue weighted by Crippen LogP contribution is 2.08. The summed E-state index contributed by atoms with van der Waals surface area (Å²) in [4.78, 5) is 15.9. The molecule has 0 bridgehead atoms. The number of esters is 1. The normalized spacial score (nSPS) is 10.8. The predicted molar refractivity (Wildman–Crippen MR) is 72.3 cm³/mol. The van der Waals surface area contributed by atoms with Gasteiger partial charge in [0.15, 0.2) is 0 Å². The van der Waals surface area contributed by atoms with E-state index in [2.05, 4.69) is 10.1 Å². The van der Waals surface area contributed by atoms with Crippen LogP contribution in [0.5, 0.6) is 0 Å². The van der Waals surface area contributed by atoms with Crippen molar-refractivity contribution in [3.05, 3.63) is 54.9 Å². The third kappa shape index (κ3) is 2.69. The van der Waals surface area contributed by atoms with Crippen molar-refractivity contribution in [2.45, 2.75) is 13.0 Å². The third-order valence-corrected chi connectivity index (χ3v) is 2.97. The Kier molecular flexibility index (Phi) is 3.45. The van der Waals surface area contributed by atoms with E-state index in [0.717, 1.165) is 18.5 Å². The molecule has 0 amide bonds. The zero-order chi connectivity index (χ0) is 13.8. The van der Waals surface area contributed by atoms with E-state index in [0.29, 0.717) is 12.2 Å². The van der Waals surface area contributed by atoms with Crippen LogP contribution in [0.1, 0.15) is 16.8 Å². The summed E-state index contributed by atoms with van der Waals surface area (Å²) in [7, 11) is 0. The van der Waals surface area contributed by atoms with Crippen LogP contribution in [0, 0.1) is 0 Å². The van der Waals surface area contributed by atoms with Gasteiger partial charge in [0.25, 0.3) is 0 Å². The molecule has 0 aromatic carbocycles. The van der Waals surface area contributed by atoms with Gasteiger partial charge < -0.3 is 9.14 Å². The number of imidazole rings is 1. The van der Waals surface area contributed by atoms with E-state index in [1.807, 2.05) is 21.3 Å². The van der Waals surface area contributed by atoms with Crippen molar-refractivity contribution in [1.82, 2.24) is 19.2 Å². The van der Waals surface area contributed by atoms with Crippen molar-refractivity contribution in [1.29, 1.82) is 0 Å². The van der Waals surface area contributed by atoms with Crippen LogP contribution in [-0.4, -0.2) is 31.7 Å². The summed E-state index contributed by atoms with van der Waals surface area (Å²) >= 11 is 0. The van der Waals surface area contributed by atoms with E-state index in [1.165, 1.54) is 0 Å². The summed E-state index contributed by atoms with van der Waals surface area (Å²) in [6.07, 6.45) is 9.54. The Morgan fingerprint density at radius 3 is 3.15 bits per heavy atom. The maximum absolute atomic E-state index is 11.9. The lowest BCUT2D eigenvalue weighted by Gasteiger charge is -2.05. The molecule has 0 fully saturated rings. The lowest BCUT2D eigenvalue weighted by Crippen LogP contribution is -2.09. The molecule has 0 saturated heterocycles. The number of carbonyl (C=O) groups is 1. The monoisotopic (exact) mass is 270 g/mol. The van der Waals surface area contributed by atoms with Gasteiger partial charge in [-0.15, -0.1) is 0 Å². The van der Waals surface area contributed by atoms with Gasteiger partial charge in [-0.25, -0.2) is 9.78 Å². The molecule has 0 atom stereocenters. The number of aryl methyl sites for hydroxylation is 1. The largest absolute Gasteiger partial charge is 0.462 e. The molecule has 20 heavy (non-hydrogen) atoms. The highest BCUT2D eigenvalue weighted by Gasteiger charge is 2.07. The molecule has 3 heterocycles. The molecule has 6 nitrogen and oxygen atoms in total. The van der Waals surface area contributed by atoms with Gasteiger partial charge in [-0.2, -0.15) is 5.10 Å². The molecule has 6 heteroatoms. The highest BCUT2D eigenvalue weighted by atomic mass is 16.5. The summed E-state index contributed by atoms with van der Waals surface area (Å²) < 4.78 is 8.90. The molecule has 0 spiro atoms. The van der Waals surface area contributed by atoms with Crippen molar-refractivity contribution >= 4 is 11.5 Å². The molecule has 3 rings (SSSR count). The average molecular weight is 270 g/mol. The van der Waals surface area contributed by atoms with Crippen LogP contribution in [0.15, 0.2) is 49.3 Å². The van der Waals surface area contributed by atoms with Crippen molar-refractivity contribution in [2.24, 2.45) is 0 Å². The van der Waals surface area contributed by atoms with E-state index in [-0.39, 0.29) is 5.97 Å². The van der Waals surface area contributed by atoms with Gasteiger partial charge in [0, 0.05) is 31.6 Å². The Labute approximate surface area is 115 Å². The Hall–Kier alpha value is -2.63. The van der Waals surface area contributed by atoms with Gasteiger partial charge in [-0.3, -0.25) is 4.68 Å². The first-order chi connectivity index (χ1) is 9.83. The summed E-state index contributed by atoms with van der Waals surface area (Å²) in [6, 6.07) is 5.36. The molecule has 102 valence electrons. The van der Waals surface area contributed by atoms with Crippen molar-refractivity contribution in [3.63, 3.8) is 0 Å². The first-order valence-corrected chi connectivity index (χ1v) is 6.39. The average Bonchev–Trinajstić information content (AvgIpc) is 3.13. The fraction of sp³-hybridized carbons (Fsp3) is 0.214. The number of hydrogen-bond acceptors (Lipinski definition) is 4. The molecule has 0 saturated carbocycles. The van der Waals surface area contributed by atoms with Gasteiger partial charge in [0.05, 0.1) is 30.2 Å². The van der Waals surface area contributed by atoms with Gasteiger partial charge in [-0.05, 0) is 18.2 Å². The molecule has 0 aliphatic heterocycles. The maximum atomic E-state index is 11.9. The minimum Gasteiger partial charge on any atom is -0.462 e. The van der Waals surface area contributed by atoms with E-state index in [4.69, 9.17) is 4.74 Å². The quantitative estimate of drug-likeness (QED) is 0.523. The number of pyridine rings is 1. The number of nitrogens with zero attached hydrogens (tertiary/aromatic N) is 4. The highest BCUT2D eigenvalue weighted by molar-refractivity contribution is 5.90. The van der Waals surface area contributed by atoms with E-state index in [1.54, 1.807) is 37.1 Å². The number of hydrogen-bond donors (Lipinski definition) is 0. The summed E-state index contributed by atoms with van der Waals surface area (Å²) in [6.45, 7) is 1.12. The predicted octanol–water partition coefficient (Wildman–Crippen LogP) is 1.78. The first kappa shape index (κ1) is 12.4. The minimum atomic E-state index is -0.311. The van der Waals surface area contributed by atoms with E-state index in [9.17, 15) is 4.79 Å². The Morgan fingerprint density at radius 2 is 2.30 bits per heavy atom. The van der Waals surface area contributed by atoms with Gasteiger partial charge in [0.1, 0.15) is 0 Å². The SMILES string of the molecule is O=C(OCCCn1cccn1)c1ccn2cncc2c1. The fourth-order valence-electron chi connectivity index (χ4n) is 1.95. The molecular weight excluding hydrogens is 256 g/mol. The third-order valence-electron chi connectivity index (χ3n) is 2.97. The molecule has 3 aromatic heterocycles. The number of rotatable bonds is 5. The van der Waals surface area contributed by atoms with Crippen LogP contribution in [0.2, 0.25) is 0 Å². The Bertz CT molecular complexity index is 703. The fourth-order valence-corrected chi connectivity index (χ4v) is 1.95. The van der Waals surface area contributed by atoms with Crippen LogP contribution >= 0.6 is 0 Å². The Balaban J connectivity index is 1.53. The number of fused-ring (bicyclic) bond motifs is 1. The summed E-state index contributed by atoms with van der Waals surface area (Å²) in [5.74, 6) is -0.311. The van der Waals surface area contributed by atoms with Gasteiger partial charge in [-0.1, -0.05) is 0 Å². The molecule has 3 aromatic rings. The summed E-state index contributed by atoms with van der Waals surface area (Å²) in [5, 5.41) is 4.09. The van der Waals surface area contributed by atoms with Gasteiger partial charge in [0.2, 0.25) is 0 Å². The van der Waals surface area contributed by atoms with Crippen LogP contribution < -0.4 is 0 Å². The maximum Gasteiger partial charge on any atom is 0.338 e. The Morgan fingerprint density at radius 1 is 1.35 bits per heavy atom. The van der Waals surface area contributed by atoms with Crippen molar-refractivity contribution < 1.29 is 9.53 Å². The molecule has 0 aliphatic rings. The summed E-state index contributed by atoms with van der Waals surface area (Å²) in [5.41, 5.74) is 1.41. The van der Waals surface area contributed by atoms with Crippen molar-refractivity contribution in [2.75, 3.05) is 6.61 Å². The zero-order valence-corrected chi connectivity index (χ0v) is 10.8. The number of carbonyl (C=O) groups excluding carboxylic acids is 1. The molecule has 0 N–H and O–H groups in total. The minimum absolute atomic E-state index is 0.311.